The third-order valence-corrected chi connectivity index (χ3v) is 6.55. The van der Waals surface area contributed by atoms with Crippen molar-refractivity contribution in [3.63, 3.8) is 0 Å². The number of carbonyl (C=O) groups is 4. The smallest absolute Gasteiger partial charge is 0.251 e. The highest BCUT2D eigenvalue weighted by molar-refractivity contribution is 7.15. The summed E-state index contributed by atoms with van der Waals surface area (Å²) in [5.74, 6) is -0.797. The minimum atomic E-state index is -0.531. The van der Waals surface area contributed by atoms with Crippen molar-refractivity contribution in [1.29, 1.82) is 0 Å². The van der Waals surface area contributed by atoms with Crippen LogP contribution >= 0.6 is 11.3 Å². The highest BCUT2D eigenvalue weighted by atomic mass is 32.1. The first-order valence-electron chi connectivity index (χ1n) is 11.6. The van der Waals surface area contributed by atoms with E-state index in [0.29, 0.717) is 45.8 Å². The van der Waals surface area contributed by atoms with Crippen LogP contribution in [0.3, 0.4) is 0 Å². The Labute approximate surface area is 217 Å². The van der Waals surface area contributed by atoms with Crippen molar-refractivity contribution < 1.29 is 23.9 Å². The standard InChI is InChI=1S/C25H26N6O5S/c1-15(32)27-18-6-8-19(9-7-18)31-14-17(13-22(31)33)24(35)28-25-30-29-21(37-25)10-11-26-23(34)16-4-3-5-20(12-16)36-2/h3-9,12,17H,10-11,13-14H2,1-2H3,(H,26,34)(H,27,32)(H,28,30,35). The number of hydrogen-bond acceptors (Lipinski definition) is 8. The number of nitrogens with zero attached hydrogens (tertiary/aromatic N) is 3. The predicted molar refractivity (Wildman–Crippen MR) is 139 cm³/mol. The SMILES string of the molecule is COc1cccc(C(=O)NCCc2nnc(NC(=O)C3CC(=O)N(c4ccc(NC(C)=O)cc4)C3)s2)c1. The lowest BCUT2D eigenvalue weighted by Gasteiger charge is -2.17. The van der Waals surface area contributed by atoms with Gasteiger partial charge in [-0.2, -0.15) is 0 Å². The molecule has 0 bridgehead atoms. The third kappa shape index (κ3) is 6.67. The van der Waals surface area contributed by atoms with Crippen molar-refractivity contribution in [3.05, 3.63) is 59.1 Å². The van der Waals surface area contributed by atoms with Crippen molar-refractivity contribution in [2.75, 3.05) is 35.7 Å². The van der Waals surface area contributed by atoms with Crippen LogP contribution in [-0.4, -0.2) is 54.0 Å². The van der Waals surface area contributed by atoms with E-state index in [-0.39, 0.29) is 36.6 Å². The molecule has 12 heteroatoms. The van der Waals surface area contributed by atoms with E-state index >= 15 is 0 Å². The fourth-order valence-corrected chi connectivity index (χ4v) is 4.56. The molecular formula is C25H26N6O5S. The van der Waals surface area contributed by atoms with E-state index in [2.05, 4.69) is 26.1 Å². The van der Waals surface area contributed by atoms with Gasteiger partial charge in [-0.15, -0.1) is 10.2 Å². The highest BCUT2D eigenvalue weighted by Gasteiger charge is 2.35. The van der Waals surface area contributed by atoms with Crippen LogP contribution in [0.4, 0.5) is 16.5 Å². The molecule has 4 amide bonds. The van der Waals surface area contributed by atoms with Crippen LogP contribution in [0.15, 0.2) is 48.5 Å². The molecule has 2 heterocycles. The molecule has 0 aliphatic carbocycles. The molecular weight excluding hydrogens is 496 g/mol. The van der Waals surface area contributed by atoms with Gasteiger partial charge >= 0.3 is 0 Å². The normalized spacial score (nSPS) is 14.8. The number of rotatable bonds is 9. The Bertz CT molecular complexity index is 1310. The molecule has 11 nitrogen and oxygen atoms in total. The molecule has 1 fully saturated rings. The predicted octanol–water partition coefficient (Wildman–Crippen LogP) is 2.47. The minimum Gasteiger partial charge on any atom is -0.497 e. The Balaban J connectivity index is 1.26. The van der Waals surface area contributed by atoms with E-state index in [1.165, 1.54) is 25.4 Å². The lowest BCUT2D eigenvalue weighted by Crippen LogP contribution is -2.28. The van der Waals surface area contributed by atoms with Gasteiger partial charge in [-0.3, -0.25) is 19.2 Å². The number of nitrogens with one attached hydrogen (secondary N) is 3. The molecule has 0 saturated carbocycles. The van der Waals surface area contributed by atoms with Gasteiger partial charge in [-0.05, 0) is 42.5 Å². The zero-order chi connectivity index (χ0) is 26.4. The van der Waals surface area contributed by atoms with Gasteiger partial charge in [-0.25, -0.2) is 0 Å². The average molecular weight is 523 g/mol. The minimum absolute atomic E-state index is 0.0846. The fraction of sp³-hybridized carbons (Fsp3) is 0.280. The number of aromatic nitrogens is 2. The van der Waals surface area contributed by atoms with Crippen LogP contribution in [0.1, 0.15) is 28.7 Å². The fourth-order valence-electron chi connectivity index (χ4n) is 3.82. The average Bonchev–Trinajstić information content (AvgIpc) is 3.50. The molecule has 1 aliphatic rings. The molecule has 0 spiro atoms. The van der Waals surface area contributed by atoms with E-state index in [9.17, 15) is 19.2 Å². The summed E-state index contributed by atoms with van der Waals surface area (Å²) < 4.78 is 5.13. The van der Waals surface area contributed by atoms with Gasteiger partial charge in [0.15, 0.2) is 0 Å². The number of methoxy groups -OCH3 is 1. The maximum absolute atomic E-state index is 12.8. The van der Waals surface area contributed by atoms with Crippen molar-refractivity contribution in [3.8, 4) is 5.75 Å². The molecule has 3 aromatic rings. The van der Waals surface area contributed by atoms with Crippen molar-refractivity contribution >= 4 is 51.5 Å². The number of carbonyl (C=O) groups excluding carboxylic acids is 4. The lowest BCUT2D eigenvalue weighted by atomic mass is 10.1. The summed E-state index contributed by atoms with van der Waals surface area (Å²) in [6.07, 6.45) is 0.536. The summed E-state index contributed by atoms with van der Waals surface area (Å²) in [7, 11) is 1.54. The van der Waals surface area contributed by atoms with Crippen LogP contribution in [0, 0.1) is 5.92 Å². The van der Waals surface area contributed by atoms with E-state index in [1.54, 1.807) is 53.4 Å². The Kier molecular flexibility index (Phi) is 8.08. The quantitative estimate of drug-likeness (QED) is 0.392. The number of ether oxygens (including phenoxy) is 1. The first kappa shape index (κ1) is 25.8. The first-order chi connectivity index (χ1) is 17.8. The van der Waals surface area contributed by atoms with Crippen LogP contribution < -0.4 is 25.6 Å². The lowest BCUT2D eigenvalue weighted by molar-refractivity contribution is -0.122. The molecule has 0 radical (unpaired) electrons. The third-order valence-electron chi connectivity index (χ3n) is 5.65. The molecule has 1 atom stereocenters. The summed E-state index contributed by atoms with van der Waals surface area (Å²) in [6, 6.07) is 13.7. The Hall–Kier alpha value is -4.32. The molecule has 2 aromatic carbocycles. The first-order valence-corrected chi connectivity index (χ1v) is 12.4. The summed E-state index contributed by atoms with van der Waals surface area (Å²) >= 11 is 1.22. The Morgan fingerprint density at radius 1 is 1.11 bits per heavy atom. The monoisotopic (exact) mass is 522 g/mol. The van der Waals surface area contributed by atoms with Gasteiger partial charge in [0.1, 0.15) is 10.8 Å². The summed E-state index contributed by atoms with van der Waals surface area (Å²) in [5, 5.41) is 17.3. The molecule has 1 aromatic heterocycles. The summed E-state index contributed by atoms with van der Waals surface area (Å²) in [6.45, 7) is 2.02. The highest BCUT2D eigenvalue weighted by Crippen LogP contribution is 2.27. The molecule has 1 saturated heterocycles. The molecule has 37 heavy (non-hydrogen) atoms. The zero-order valence-electron chi connectivity index (χ0n) is 20.3. The van der Waals surface area contributed by atoms with Gasteiger partial charge in [-0.1, -0.05) is 17.4 Å². The van der Waals surface area contributed by atoms with E-state index in [1.807, 2.05) is 0 Å². The number of benzene rings is 2. The molecule has 3 N–H and O–H groups in total. The van der Waals surface area contributed by atoms with E-state index < -0.39 is 5.92 Å². The molecule has 1 aliphatic heterocycles. The van der Waals surface area contributed by atoms with E-state index in [4.69, 9.17) is 4.74 Å². The topological polar surface area (TPSA) is 143 Å². The Morgan fingerprint density at radius 3 is 2.62 bits per heavy atom. The molecule has 4 rings (SSSR count). The summed E-state index contributed by atoms with van der Waals surface area (Å²) in [4.78, 5) is 50.3. The second-order valence-electron chi connectivity index (χ2n) is 8.36. The number of anilines is 3. The molecule has 1 unspecified atom stereocenters. The maximum atomic E-state index is 12.8. The van der Waals surface area contributed by atoms with Gasteiger partial charge in [0.2, 0.25) is 22.9 Å². The van der Waals surface area contributed by atoms with Crippen molar-refractivity contribution in [2.45, 2.75) is 19.8 Å². The van der Waals surface area contributed by atoms with Gasteiger partial charge in [0.05, 0.1) is 13.0 Å². The largest absolute Gasteiger partial charge is 0.497 e. The van der Waals surface area contributed by atoms with Gasteiger partial charge < -0.3 is 25.6 Å². The van der Waals surface area contributed by atoms with E-state index in [0.717, 1.165) is 0 Å². The van der Waals surface area contributed by atoms with Crippen LogP contribution in [0.5, 0.6) is 5.75 Å². The Morgan fingerprint density at radius 2 is 1.89 bits per heavy atom. The zero-order valence-corrected chi connectivity index (χ0v) is 21.1. The second kappa shape index (κ2) is 11.6. The van der Waals surface area contributed by atoms with Crippen molar-refractivity contribution in [1.82, 2.24) is 15.5 Å². The van der Waals surface area contributed by atoms with Crippen LogP contribution in [-0.2, 0) is 20.8 Å². The molecule has 192 valence electrons. The second-order valence-corrected chi connectivity index (χ2v) is 9.42. The van der Waals surface area contributed by atoms with Crippen LogP contribution in [0.25, 0.3) is 0 Å². The maximum Gasteiger partial charge on any atom is 0.251 e. The van der Waals surface area contributed by atoms with Gasteiger partial charge in [0.25, 0.3) is 5.91 Å². The van der Waals surface area contributed by atoms with Crippen molar-refractivity contribution in [2.24, 2.45) is 5.92 Å². The van der Waals surface area contributed by atoms with Gasteiger partial charge in [0, 0.05) is 49.8 Å². The number of amides is 4. The summed E-state index contributed by atoms with van der Waals surface area (Å²) in [5.41, 5.74) is 1.78. The number of hydrogen-bond donors (Lipinski definition) is 3. The van der Waals surface area contributed by atoms with Crippen LogP contribution in [0.2, 0.25) is 0 Å².